The Hall–Kier alpha value is -3.71. The Labute approximate surface area is 300 Å². The van der Waals surface area contributed by atoms with Crippen molar-refractivity contribution in [1.29, 1.82) is 0 Å². The van der Waals surface area contributed by atoms with Gasteiger partial charge in [0.1, 0.15) is 0 Å². The van der Waals surface area contributed by atoms with E-state index in [1.54, 1.807) is 0 Å². The molecule has 7 aromatic rings. The van der Waals surface area contributed by atoms with Gasteiger partial charge in [-0.2, -0.15) is 0 Å². The van der Waals surface area contributed by atoms with Gasteiger partial charge in [0.05, 0.1) is 0 Å². The summed E-state index contributed by atoms with van der Waals surface area (Å²) in [6.07, 6.45) is 1.47. The molecule has 1 aromatic heterocycles. The molecule has 0 aliphatic carbocycles. The average molecular weight is 790 g/mol. The van der Waals surface area contributed by atoms with E-state index in [0.717, 1.165) is 23.7 Å². The zero-order chi connectivity index (χ0) is 33.0. The third-order valence-electron chi connectivity index (χ3n) is 9.55. The monoisotopic (exact) mass is 787 g/mol. The fourth-order valence-corrected chi connectivity index (χ4v) is 22.2. The zero-order valence-corrected chi connectivity index (χ0v) is 31.5. The molecule has 1 heterocycles. The zero-order valence-electron chi connectivity index (χ0n) is 26.6. The summed E-state index contributed by atoms with van der Waals surface area (Å²) in [5, 5.41) is 1.23. The van der Waals surface area contributed by atoms with Crippen molar-refractivity contribution in [1.82, 2.24) is 4.98 Å². The van der Waals surface area contributed by atoms with Gasteiger partial charge in [0.25, 0.3) is 0 Å². The molecule has 48 heavy (non-hydrogen) atoms. The van der Waals surface area contributed by atoms with E-state index in [4.69, 9.17) is 4.98 Å². The predicted octanol–water partition coefficient (Wildman–Crippen LogP) is 9.76. The fraction of sp³-hybridized carbons (Fsp3) is 0.0465. The normalized spacial score (nSPS) is 13.5. The Kier molecular flexibility index (Phi) is 9.10. The van der Waals surface area contributed by atoms with Gasteiger partial charge in [-0.25, -0.2) is 0 Å². The molecule has 0 spiro atoms. The molecule has 0 radical (unpaired) electrons. The van der Waals surface area contributed by atoms with Crippen molar-refractivity contribution in [3.63, 3.8) is 0 Å². The molecule has 1 nitrogen and oxygen atoms in total. The molecule has 0 bridgehead atoms. The standard InChI is InChI=1S/C43H37Br2NP2/c44-47(38-22-7-1-8-23-38,39-24-9-2-10-25-39,40-26-11-3-12-27-40)34-36-20-19-21-37(46-36)35-48(45,41-28-13-4-14-29-41,42-30-15-5-16-31-42)43-32-17-6-18-33-43/h1-33H,34-35H2. The fourth-order valence-electron chi connectivity index (χ4n) is 7.19. The van der Waals surface area contributed by atoms with Crippen LogP contribution in [-0.2, 0) is 12.3 Å². The van der Waals surface area contributed by atoms with Crippen molar-refractivity contribution in [2.45, 2.75) is 12.3 Å². The molecule has 0 aliphatic rings. The van der Waals surface area contributed by atoms with Gasteiger partial charge in [0.15, 0.2) is 0 Å². The number of hydrogen-bond acceptors (Lipinski definition) is 1. The van der Waals surface area contributed by atoms with E-state index in [1.807, 2.05) is 0 Å². The second-order valence-electron chi connectivity index (χ2n) is 12.3. The van der Waals surface area contributed by atoms with Crippen LogP contribution in [0.3, 0.4) is 0 Å². The maximum absolute atomic E-state index is 5.59. The Bertz CT molecular complexity index is 1760. The summed E-state index contributed by atoms with van der Waals surface area (Å²) in [5.74, 6) is 0. The second-order valence-corrected chi connectivity index (χ2v) is 30.2. The van der Waals surface area contributed by atoms with Gasteiger partial charge < -0.3 is 0 Å². The van der Waals surface area contributed by atoms with Gasteiger partial charge >= 0.3 is 302 Å². The van der Waals surface area contributed by atoms with Crippen LogP contribution >= 0.6 is 41.6 Å². The van der Waals surface area contributed by atoms with Crippen molar-refractivity contribution in [3.05, 3.63) is 212 Å². The van der Waals surface area contributed by atoms with E-state index in [9.17, 15) is 0 Å². The van der Waals surface area contributed by atoms with Crippen LogP contribution < -0.4 is 31.8 Å². The van der Waals surface area contributed by atoms with E-state index in [1.165, 1.54) is 31.8 Å². The minimum atomic E-state index is -3.24. The van der Waals surface area contributed by atoms with Gasteiger partial charge in [-0.15, -0.1) is 0 Å². The number of nitrogens with zero attached hydrogens (tertiary/aromatic N) is 1. The summed E-state index contributed by atoms with van der Waals surface area (Å²) in [4.78, 5) is 5.59. The molecule has 0 fully saturated rings. The maximum atomic E-state index is 5.59. The van der Waals surface area contributed by atoms with E-state index in [-0.39, 0.29) is 0 Å². The molecule has 7 rings (SSSR count). The quantitative estimate of drug-likeness (QED) is 0.126. The van der Waals surface area contributed by atoms with E-state index < -0.39 is 10.6 Å². The first-order valence-corrected chi connectivity index (χ1v) is 25.1. The molecule has 0 unspecified atom stereocenters. The number of pyridine rings is 1. The number of hydrogen-bond donors (Lipinski definition) is 0. The summed E-state index contributed by atoms with van der Waals surface area (Å²) >= 11 is 9.30. The summed E-state index contributed by atoms with van der Waals surface area (Å²) in [5.41, 5.74) is 2.12. The molecule has 0 amide bonds. The summed E-state index contributed by atoms with van der Waals surface area (Å²) in [6.45, 7) is 0. The third kappa shape index (κ3) is 5.52. The first-order valence-electron chi connectivity index (χ1n) is 16.2. The van der Waals surface area contributed by atoms with Crippen LogP contribution in [0.5, 0.6) is 0 Å². The molecule has 0 saturated heterocycles. The van der Waals surface area contributed by atoms with Crippen LogP contribution in [0.15, 0.2) is 200 Å². The van der Waals surface area contributed by atoms with Crippen LogP contribution in [-0.4, -0.2) is 4.98 Å². The van der Waals surface area contributed by atoms with Crippen LogP contribution in [0, 0.1) is 0 Å². The molecule has 0 N–H and O–H groups in total. The number of rotatable bonds is 10. The van der Waals surface area contributed by atoms with Gasteiger partial charge in [-0.1, -0.05) is 0 Å². The van der Waals surface area contributed by atoms with Crippen molar-refractivity contribution in [3.8, 4) is 0 Å². The summed E-state index contributed by atoms with van der Waals surface area (Å²) in [7, 11) is 0. The Morgan fingerprint density at radius 3 is 0.708 bits per heavy atom. The first-order chi connectivity index (χ1) is 23.4. The van der Waals surface area contributed by atoms with E-state index in [2.05, 4.69) is 231 Å². The Balaban J connectivity index is 1.45. The molecule has 6 aromatic carbocycles. The number of aromatic nitrogens is 1. The topological polar surface area (TPSA) is 12.9 Å². The van der Waals surface area contributed by atoms with Gasteiger partial charge in [0.2, 0.25) is 0 Å². The van der Waals surface area contributed by atoms with Crippen molar-refractivity contribution in [2.24, 2.45) is 0 Å². The van der Waals surface area contributed by atoms with E-state index in [0.29, 0.717) is 0 Å². The predicted molar refractivity (Wildman–Crippen MR) is 220 cm³/mol. The number of benzene rings is 6. The van der Waals surface area contributed by atoms with Gasteiger partial charge in [0, 0.05) is 0 Å². The van der Waals surface area contributed by atoms with Gasteiger partial charge in [-0.3, -0.25) is 0 Å². The average Bonchev–Trinajstić information content (AvgIpc) is 3.17. The molecule has 0 saturated carbocycles. The second kappa shape index (κ2) is 13.3. The molecule has 238 valence electrons. The van der Waals surface area contributed by atoms with Crippen LogP contribution in [0.1, 0.15) is 11.4 Å². The molecular formula is C43H37Br2NP2. The SMILES string of the molecule is BrP(Cc1cccc(CP(Br)(c2ccccc2)(c2ccccc2)c2ccccc2)n1)(c1ccccc1)(c1ccccc1)c1ccccc1. The number of halogens is 2. The van der Waals surface area contributed by atoms with Crippen molar-refractivity contribution >= 4 is 73.4 Å². The molecular weight excluding hydrogens is 752 g/mol. The van der Waals surface area contributed by atoms with Crippen molar-refractivity contribution < 1.29 is 0 Å². The Morgan fingerprint density at radius 2 is 0.500 bits per heavy atom. The Morgan fingerprint density at radius 1 is 0.292 bits per heavy atom. The molecule has 0 atom stereocenters. The van der Waals surface area contributed by atoms with Crippen LogP contribution in [0.25, 0.3) is 0 Å². The summed E-state index contributed by atoms with van der Waals surface area (Å²) in [6, 6.07) is 72.4. The molecule has 5 heteroatoms. The first kappa shape index (κ1) is 32.8. The summed E-state index contributed by atoms with van der Waals surface area (Å²) < 4.78 is 0. The van der Waals surface area contributed by atoms with Crippen molar-refractivity contribution in [2.75, 3.05) is 0 Å². The van der Waals surface area contributed by atoms with Gasteiger partial charge in [-0.05, 0) is 0 Å². The van der Waals surface area contributed by atoms with Crippen LogP contribution in [0.4, 0.5) is 0 Å². The third-order valence-corrected chi connectivity index (χ3v) is 28.5. The van der Waals surface area contributed by atoms with E-state index >= 15 is 0 Å². The minimum absolute atomic E-state index is 0.734. The van der Waals surface area contributed by atoms with Crippen LogP contribution in [0.2, 0.25) is 0 Å². The molecule has 0 aliphatic heterocycles.